The molecule has 1 aliphatic heterocycles. The first kappa shape index (κ1) is 20.6. The van der Waals surface area contributed by atoms with Crippen molar-refractivity contribution in [3.8, 4) is 11.5 Å². The van der Waals surface area contributed by atoms with E-state index in [0.717, 1.165) is 6.07 Å². The quantitative estimate of drug-likeness (QED) is 0.537. The summed E-state index contributed by atoms with van der Waals surface area (Å²) in [4.78, 5) is 26.8. The Labute approximate surface area is 175 Å². The molecule has 1 fully saturated rings. The summed E-state index contributed by atoms with van der Waals surface area (Å²) in [7, 11) is 0. The van der Waals surface area contributed by atoms with Gasteiger partial charge in [0.2, 0.25) is 18.2 Å². The van der Waals surface area contributed by atoms with Crippen molar-refractivity contribution in [1.82, 2.24) is 15.1 Å². The number of para-hydroxylation sites is 1. The van der Waals surface area contributed by atoms with E-state index in [-0.39, 0.29) is 35.4 Å². The molecule has 0 saturated carbocycles. The molecular formula is C21H17F3N4O3. The normalized spacial score (nSPS) is 13.9. The van der Waals surface area contributed by atoms with Crippen molar-refractivity contribution in [2.75, 3.05) is 18.0 Å². The van der Waals surface area contributed by atoms with E-state index in [4.69, 9.17) is 4.42 Å². The SMILES string of the molecule is O=CN1CC(C(=O)N(Cc2ccc(-c3nnc(C(F)F)o3)cc2F)c2ccccc2)C1. The minimum absolute atomic E-state index is 0.0430. The number of likely N-dealkylation sites (tertiary alicyclic amines) is 1. The Hall–Kier alpha value is -3.69. The third-order valence-electron chi connectivity index (χ3n) is 5.00. The van der Waals surface area contributed by atoms with Gasteiger partial charge in [0.15, 0.2) is 0 Å². The lowest BCUT2D eigenvalue weighted by Gasteiger charge is -2.38. The second kappa shape index (κ2) is 8.58. The molecule has 0 radical (unpaired) electrons. The molecule has 0 unspecified atom stereocenters. The first-order chi connectivity index (χ1) is 15.0. The van der Waals surface area contributed by atoms with Gasteiger partial charge < -0.3 is 14.2 Å². The zero-order valence-corrected chi connectivity index (χ0v) is 16.1. The molecular weight excluding hydrogens is 413 g/mol. The van der Waals surface area contributed by atoms with Gasteiger partial charge in [-0.2, -0.15) is 8.78 Å². The number of halogens is 3. The number of benzene rings is 2. The van der Waals surface area contributed by atoms with Crippen LogP contribution < -0.4 is 4.90 Å². The highest BCUT2D eigenvalue weighted by atomic mass is 19.3. The molecule has 160 valence electrons. The van der Waals surface area contributed by atoms with E-state index in [9.17, 15) is 22.8 Å². The van der Waals surface area contributed by atoms with Gasteiger partial charge in [-0.25, -0.2) is 4.39 Å². The van der Waals surface area contributed by atoms with Gasteiger partial charge in [0.05, 0.1) is 12.5 Å². The molecule has 1 aromatic heterocycles. The van der Waals surface area contributed by atoms with Gasteiger partial charge in [0.1, 0.15) is 5.82 Å². The van der Waals surface area contributed by atoms with Gasteiger partial charge >= 0.3 is 6.43 Å². The number of nitrogens with zero attached hydrogens (tertiary/aromatic N) is 4. The smallest absolute Gasteiger partial charge is 0.314 e. The van der Waals surface area contributed by atoms with E-state index in [2.05, 4.69) is 10.2 Å². The molecule has 0 atom stereocenters. The molecule has 31 heavy (non-hydrogen) atoms. The maximum Gasteiger partial charge on any atom is 0.314 e. The van der Waals surface area contributed by atoms with Crippen LogP contribution in [0.15, 0.2) is 52.9 Å². The lowest BCUT2D eigenvalue weighted by molar-refractivity contribution is -0.133. The van der Waals surface area contributed by atoms with E-state index in [1.54, 1.807) is 30.3 Å². The van der Waals surface area contributed by atoms with Crippen molar-refractivity contribution < 1.29 is 27.2 Å². The molecule has 1 aliphatic rings. The molecule has 3 aromatic rings. The minimum atomic E-state index is -2.92. The average Bonchev–Trinajstić information content (AvgIpc) is 3.23. The fraction of sp³-hybridized carbons (Fsp3) is 0.238. The van der Waals surface area contributed by atoms with Crippen LogP contribution in [-0.4, -0.2) is 40.5 Å². The number of rotatable bonds is 7. The van der Waals surface area contributed by atoms with Crippen molar-refractivity contribution in [2.24, 2.45) is 5.92 Å². The van der Waals surface area contributed by atoms with Crippen LogP contribution in [0.3, 0.4) is 0 Å². The summed E-state index contributed by atoms with van der Waals surface area (Å²) in [6, 6.07) is 12.8. The van der Waals surface area contributed by atoms with Crippen LogP contribution in [0.1, 0.15) is 17.9 Å². The highest BCUT2D eigenvalue weighted by molar-refractivity contribution is 5.96. The third-order valence-corrected chi connectivity index (χ3v) is 5.00. The van der Waals surface area contributed by atoms with Crippen molar-refractivity contribution in [1.29, 1.82) is 0 Å². The first-order valence-electron chi connectivity index (χ1n) is 9.42. The Kier molecular flexibility index (Phi) is 5.70. The van der Waals surface area contributed by atoms with Crippen LogP contribution in [0.25, 0.3) is 11.5 Å². The van der Waals surface area contributed by atoms with E-state index in [0.29, 0.717) is 25.2 Å². The Morgan fingerprint density at radius 3 is 2.55 bits per heavy atom. The largest absolute Gasteiger partial charge is 0.415 e. The summed E-state index contributed by atoms with van der Waals surface area (Å²) in [5.74, 6) is -2.29. The molecule has 4 rings (SSSR count). The molecule has 0 bridgehead atoms. The summed E-state index contributed by atoms with van der Waals surface area (Å²) in [5, 5.41) is 6.74. The Morgan fingerprint density at radius 1 is 1.19 bits per heavy atom. The van der Waals surface area contributed by atoms with E-state index < -0.39 is 18.1 Å². The standard InChI is InChI=1S/C21H17F3N4O3/c22-17-8-13(19-25-26-20(31-19)18(23)24)6-7-14(17)11-28(16-4-2-1-3-5-16)21(30)15-9-27(10-15)12-29/h1-8,12,15,18H,9-11H2. The fourth-order valence-corrected chi connectivity index (χ4v) is 3.30. The molecule has 1 saturated heterocycles. The van der Waals surface area contributed by atoms with Gasteiger partial charge in [-0.3, -0.25) is 9.59 Å². The average molecular weight is 430 g/mol. The number of carbonyl (C=O) groups is 2. The number of hydrogen-bond donors (Lipinski definition) is 0. The second-order valence-corrected chi connectivity index (χ2v) is 7.07. The number of alkyl halides is 2. The summed E-state index contributed by atoms with van der Waals surface area (Å²) >= 11 is 0. The van der Waals surface area contributed by atoms with Crippen molar-refractivity contribution >= 4 is 18.0 Å². The Morgan fingerprint density at radius 2 is 1.94 bits per heavy atom. The van der Waals surface area contributed by atoms with Crippen LogP contribution in [0.2, 0.25) is 0 Å². The predicted octanol–water partition coefficient (Wildman–Crippen LogP) is 3.43. The molecule has 0 spiro atoms. The zero-order chi connectivity index (χ0) is 22.0. The van der Waals surface area contributed by atoms with Crippen LogP contribution in [0.4, 0.5) is 18.9 Å². The van der Waals surface area contributed by atoms with Crippen LogP contribution >= 0.6 is 0 Å². The summed E-state index contributed by atoms with van der Waals surface area (Å²) in [6.07, 6.45) is -2.23. The Balaban J connectivity index is 1.57. The van der Waals surface area contributed by atoms with Gasteiger partial charge in [-0.1, -0.05) is 24.3 Å². The van der Waals surface area contributed by atoms with Gasteiger partial charge in [-0.05, 0) is 24.3 Å². The number of anilines is 1. The lowest BCUT2D eigenvalue weighted by Crippen LogP contribution is -2.53. The van der Waals surface area contributed by atoms with Crippen LogP contribution in [0.5, 0.6) is 0 Å². The maximum atomic E-state index is 14.8. The lowest BCUT2D eigenvalue weighted by atomic mass is 9.98. The second-order valence-electron chi connectivity index (χ2n) is 7.07. The van der Waals surface area contributed by atoms with Crippen molar-refractivity contribution in [3.63, 3.8) is 0 Å². The zero-order valence-electron chi connectivity index (χ0n) is 16.1. The van der Waals surface area contributed by atoms with Crippen molar-refractivity contribution in [2.45, 2.75) is 13.0 Å². The van der Waals surface area contributed by atoms with Crippen LogP contribution in [0, 0.1) is 11.7 Å². The monoisotopic (exact) mass is 430 g/mol. The number of carbonyl (C=O) groups excluding carboxylic acids is 2. The van der Waals surface area contributed by atoms with Crippen LogP contribution in [-0.2, 0) is 16.1 Å². The Bertz CT molecular complexity index is 1080. The van der Waals surface area contributed by atoms with Gasteiger partial charge in [0, 0.05) is 29.9 Å². The molecule has 7 nitrogen and oxygen atoms in total. The topological polar surface area (TPSA) is 79.5 Å². The predicted molar refractivity (Wildman–Crippen MR) is 103 cm³/mol. The van der Waals surface area contributed by atoms with E-state index in [1.807, 2.05) is 0 Å². The van der Waals surface area contributed by atoms with Gasteiger partial charge in [0.25, 0.3) is 5.89 Å². The fourth-order valence-electron chi connectivity index (χ4n) is 3.30. The first-order valence-corrected chi connectivity index (χ1v) is 9.42. The molecule has 2 heterocycles. The van der Waals surface area contributed by atoms with Crippen molar-refractivity contribution in [3.05, 3.63) is 65.8 Å². The molecule has 0 N–H and O–H groups in total. The minimum Gasteiger partial charge on any atom is -0.415 e. The third kappa shape index (κ3) is 4.27. The highest BCUT2D eigenvalue weighted by Crippen LogP contribution is 2.27. The molecule has 0 aliphatic carbocycles. The summed E-state index contributed by atoms with van der Waals surface area (Å²) in [6.45, 7) is 0.589. The van der Waals surface area contributed by atoms with Gasteiger partial charge in [-0.15, -0.1) is 10.2 Å². The summed E-state index contributed by atoms with van der Waals surface area (Å²) < 4.78 is 44.9. The maximum absolute atomic E-state index is 14.8. The summed E-state index contributed by atoms with van der Waals surface area (Å²) in [5.41, 5.74) is 0.971. The number of amides is 2. The molecule has 2 amide bonds. The molecule has 2 aromatic carbocycles. The number of aromatic nitrogens is 2. The van der Waals surface area contributed by atoms with E-state index >= 15 is 0 Å². The number of hydrogen-bond acceptors (Lipinski definition) is 5. The highest BCUT2D eigenvalue weighted by Gasteiger charge is 2.35. The van der Waals surface area contributed by atoms with E-state index in [1.165, 1.54) is 21.9 Å². The molecule has 10 heteroatoms.